The molecular weight excluding hydrogens is 178 g/mol. The minimum atomic E-state index is -0.547. The lowest BCUT2D eigenvalue weighted by Gasteiger charge is -2.21. The molecular formula is C11H17NO2. The van der Waals surface area contributed by atoms with E-state index in [-0.39, 0.29) is 6.61 Å². The molecule has 0 heterocycles. The van der Waals surface area contributed by atoms with Gasteiger partial charge in [-0.15, -0.1) is 0 Å². The van der Waals surface area contributed by atoms with Crippen LogP contribution in [0, 0.1) is 0 Å². The van der Waals surface area contributed by atoms with Gasteiger partial charge < -0.3 is 15.6 Å². The van der Waals surface area contributed by atoms with Crippen molar-refractivity contribution in [3.8, 4) is 5.75 Å². The molecule has 0 aliphatic heterocycles. The minimum absolute atomic E-state index is 0.0149. The van der Waals surface area contributed by atoms with Gasteiger partial charge in [-0.2, -0.15) is 0 Å². The average Bonchev–Trinajstić information content (AvgIpc) is 2.19. The number of nitrogens with two attached hydrogens (primary N) is 1. The van der Waals surface area contributed by atoms with Gasteiger partial charge in [0.1, 0.15) is 5.75 Å². The number of methoxy groups -OCH3 is 1. The molecule has 1 aromatic rings. The van der Waals surface area contributed by atoms with Crippen LogP contribution in [0.4, 0.5) is 0 Å². The Morgan fingerprint density at radius 3 is 2.36 bits per heavy atom. The summed E-state index contributed by atoms with van der Waals surface area (Å²) in [5.74, 6) is 0.830. The number of aliphatic hydroxyl groups excluding tert-OH is 1. The standard InChI is InChI=1S/C11H17NO2/c1-11(12,8-13)7-9-3-5-10(14-2)6-4-9/h3-6,13H,7-8,12H2,1-2H3/t11-/m1/s1. The van der Waals surface area contributed by atoms with Crippen LogP contribution in [0.1, 0.15) is 12.5 Å². The first-order valence-electron chi connectivity index (χ1n) is 4.60. The Labute approximate surface area is 84.5 Å². The topological polar surface area (TPSA) is 55.5 Å². The van der Waals surface area contributed by atoms with Gasteiger partial charge in [-0.3, -0.25) is 0 Å². The number of hydrogen-bond donors (Lipinski definition) is 2. The summed E-state index contributed by atoms with van der Waals surface area (Å²) < 4.78 is 5.04. The largest absolute Gasteiger partial charge is 0.497 e. The van der Waals surface area contributed by atoms with Crippen molar-refractivity contribution in [2.45, 2.75) is 18.9 Å². The molecule has 78 valence electrons. The van der Waals surface area contributed by atoms with Crippen molar-refractivity contribution in [3.05, 3.63) is 29.8 Å². The molecule has 0 aliphatic carbocycles. The number of ether oxygens (including phenoxy) is 1. The molecule has 0 unspecified atom stereocenters. The van der Waals surface area contributed by atoms with Crippen molar-refractivity contribution in [2.75, 3.05) is 13.7 Å². The molecule has 0 saturated heterocycles. The second kappa shape index (κ2) is 4.44. The third-order valence-electron chi connectivity index (χ3n) is 2.13. The van der Waals surface area contributed by atoms with Gasteiger partial charge in [0, 0.05) is 5.54 Å². The molecule has 1 atom stereocenters. The Kier molecular flexibility index (Phi) is 3.49. The van der Waals surface area contributed by atoms with E-state index in [4.69, 9.17) is 15.6 Å². The van der Waals surface area contributed by atoms with Crippen LogP contribution >= 0.6 is 0 Å². The van der Waals surface area contributed by atoms with Gasteiger partial charge in [0.25, 0.3) is 0 Å². The van der Waals surface area contributed by atoms with E-state index in [1.54, 1.807) is 7.11 Å². The number of rotatable bonds is 4. The predicted molar refractivity (Wildman–Crippen MR) is 56.4 cm³/mol. The van der Waals surface area contributed by atoms with Crippen LogP contribution in [0.2, 0.25) is 0 Å². The quantitative estimate of drug-likeness (QED) is 0.752. The second-order valence-corrected chi connectivity index (χ2v) is 3.84. The maximum Gasteiger partial charge on any atom is 0.118 e. The zero-order valence-corrected chi connectivity index (χ0v) is 8.66. The van der Waals surface area contributed by atoms with Gasteiger partial charge in [0.2, 0.25) is 0 Å². The highest BCUT2D eigenvalue weighted by molar-refractivity contribution is 5.28. The Balaban J connectivity index is 2.69. The zero-order chi connectivity index (χ0) is 10.6. The molecule has 0 saturated carbocycles. The van der Waals surface area contributed by atoms with E-state index in [2.05, 4.69) is 0 Å². The maximum atomic E-state index is 9.01. The van der Waals surface area contributed by atoms with Crippen molar-refractivity contribution < 1.29 is 9.84 Å². The first kappa shape index (κ1) is 11.0. The Hall–Kier alpha value is -1.06. The summed E-state index contributed by atoms with van der Waals surface area (Å²) in [6.07, 6.45) is 0.660. The molecule has 14 heavy (non-hydrogen) atoms. The van der Waals surface area contributed by atoms with Gasteiger partial charge >= 0.3 is 0 Å². The molecule has 3 nitrogen and oxygen atoms in total. The van der Waals surface area contributed by atoms with E-state index >= 15 is 0 Å². The van der Waals surface area contributed by atoms with Gasteiger partial charge in [-0.25, -0.2) is 0 Å². The molecule has 0 aliphatic rings. The summed E-state index contributed by atoms with van der Waals surface area (Å²) in [4.78, 5) is 0. The van der Waals surface area contributed by atoms with Crippen molar-refractivity contribution in [1.82, 2.24) is 0 Å². The second-order valence-electron chi connectivity index (χ2n) is 3.84. The van der Waals surface area contributed by atoms with E-state index < -0.39 is 5.54 Å². The Morgan fingerprint density at radius 1 is 1.36 bits per heavy atom. The first-order valence-corrected chi connectivity index (χ1v) is 4.60. The van der Waals surface area contributed by atoms with Crippen molar-refractivity contribution in [1.29, 1.82) is 0 Å². The molecule has 0 spiro atoms. The Morgan fingerprint density at radius 2 is 1.93 bits per heavy atom. The number of benzene rings is 1. The molecule has 0 radical (unpaired) electrons. The lowest BCUT2D eigenvalue weighted by molar-refractivity contribution is 0.208. The number of aliphatic hydroxyl groups is 1. The van der Waals surface area contributed by atoms with Gasteiger partial charge in [0.15, 0.2) is 0 Å². The lowest BCUT2D eigenvalue weighted by atomic mass is 9.95. The summed E-state index contributed by atoms with van der Waals surface area (Å²) >= 11 is 0. The highest BCUT2D eigenvalue weighted by atomic mass is 16.5. The minimum Gasteiger partial charge on any atom is -0.497 e. The van der Waals surface area contributed by atoms with E-state index in [1.165, 1.54) is 0 Å². The third kappa shape index (κ3) is 3.01. The fourth-order valence-corrected chi connectivity index (χ4v) is 1.27. The molecule has 1 rings (SSSR count). The van der Waals surface area contributed by atoms with Crippen LogP contribution in [0.25, 0.3) is 0 Å². The molecule has 0 bridgehead atoms. The van der Waals surface area contributed by atoms with Crippen LogP contribution in [0.3, 0.4) is 0 Å². The SMILES string of the molecule is COc1ccc(C[C@@](C)(N)CO)cc1. The highest BCUT2D eigenvalue weighted by Gasteiger charge is 2.17. The molecule has 0 fully saturated rings. The van der Waals surface area contributed by atoms with Gasteiger partial charge in [-0.1, -0.05) is 12.1 Å². The lowest BCUT2D eigenvalue weighted by Crippen LogP contribution is -2.42. The van der Waals surface area contributed by atoms with E-state index in [1.807, 2.05) is 31.2 Å². The third-order valence-corrected chi connectivity index (χ3v) is 2.13. The molecule has 1 aromatic carbocycles. The van der Waals surface area contributed by atoms with E-state index in [9.17, 15) is 0 Å². The van der Waals surface area contributed by atoms with Crippen molar-refractivity contribution >= 4 is 0 Å². The summed E-state index contributed by atoms with van der Waals surface area (Å²) in [5, 5.41) is 9.01. The van der Waals surface area contributed by atoms with Gasteiger partial charge in [0.05, 0.1) is 13.7 Å². The predicted octanol–water partition coefficient (Wildman–Crippen LogP) is 0.947. The van der Waals surface area contributed by atoms with Crippen LogP contribution in [0.15, 0.2) is 24.3 Å². The van der Waals surface area contributed by atoms with E-state index in [0.717, 1.165) is 11.3 Å². The molecule has 0 amide bonds. The first-order chi connectivity index (χ1) is 6.57. The summed E-state index contributed by atoms with van der Waals surface area (Å²) in [6, 6.07) is 7.70. The Bertz CT molecular complexity index is 280. The summed E-state index contributed by atoms with van der Waals surface area (Å²) in [5.41, 5.74) is 6.39. The van der Waals surface area contributed by atoms with E-state index in [0.29, 0.717) is 6.42 Å². The molecule has 0 aromatic heterocycles. The van der Waals surface area contributed by atoms with Gasteiger partial charge in [-0.05, 0) is 31.0 Å². The smallest absolute Gasteiger partial charge is 0.118 e. The van der Waals surface area contributed by atoms with Crippen LogP contribution in [-0.4, -0.2) is 24.4 Å². The summed E-state index contributed by atoms with van der Waals surface area (Å²) in [7, 11) is 1.63. The molecule has 3 heteroatoms. The van der Waals surface area contributed by atoms with Crippen molar-refractivity contribution in [2.24, 2.45) is 5.73 Å². The maximum absolute atomic E-state index is 9.01. The fourth-order valence-electron chi connectivity index (χ4n) is 1.27. The zero-order valence-electron chi connectivity index (χ0n) is 8.66. The van der Waals surface area contributed by atoms with Crippen LogP contribution in [-0.2, 0) is 6.42 Å². The summed E-state index contributed by atoms with van der Waals surface area (Å²) in [6.45, 7) is 1.82. The van der Waals surface area contributed by atoms with Crippen LogP contribution < -0.4 is 10.5 Å². The van der Waals surface area contributed by atoms with Crippen LogP contribution in [0.5, 0.6) is 5.75 Å². The highest BCUT2D eigenvalue weighted by Crippen LogP contribution is 2.15. The fraction of sp³-hybridized carbons (Fsp3) is 0.455. The van der Waals surface area contributed by atoms with Crippen molar-refractivity contribution in [3.63, 3.8) is 0 Å². The average molecular weight is 195 g/mol. The number of hydrogen-bond acceptors (Lipinski definition) is 3. The monoisotopic (exact) mass is 195 g/mol. The normalized spacial score (nSPS) is 14.9. The molecule has 3 N–H and O–H groups in total.